The first-order valence-corrected chi connectivity index (χ1v) is 6.04. The van der Waals surface area contributed by atoms with Gasteiger partial charge in [-0.1, -0.05) is 11.6 Å². The molecule has 0 aliphatic rings. The lowest BCUT2D eigenvalue weighted by atomic mass is 10.2. The van der Waals surface area contributed by atoms with Gasteiger partial charge in [-0.2, -0.15) is 0 Å². The van der Waals surface area contributed by atoms with Gasteiger partial charge >= 0.3 is 5.97 Å². The lowest BCUT2D eigenvalue weighted by Gasteiger charge is -2.11. The number of hydrogen-bond acceptors (Lipinski definition) is 3. The van der Waals surface area contributed by atoms with Gasteiger partial charge in [0.1, 0.15) is 23.7 Å². The first-order valence-electron chi connectivity index (χ1n) is 5.67. The molecule has 3 N–H and O–H groups in total. The maximum Gasteiger partial charge on any atom is 0.339 e. The van der Waals surface area contributed by atoms with Crippen molar-refractivity contribution in [2.24, 2.45) is 0 Å². The van der Waals surface area contributed by atoms with Crippen LogP contribution in [0.4, 0.5) is 10.1 Å². The molecule has 0 fully saturated rings. The van der Waals surface area contributed by atoms with Crippen LogP contribution in [0.15, 0.2) is 36.4 Å². The Hall–Kier alpha value is -2.27. The maximum atomic E-state index is 13.1. The highest BCUT2D eigenvalue weighted by Crippen LogP contribution is 2.25. The molecule has 2 aromatic carbocycles. The summed E-state index contributed by atoms with van der Waals surface area (Å²) in [6, 6.07) is 8.08. The predicted octanol–water partition coefficient (Wildman–Crippen LogP) is 3.34. The zero-order valence-corrected chi connectivity index (χ0v) is 11.0. The second-order valence-electron chi connectivity index (χ2n) is 4.09. The van der Waals surface area contributed by atoms with Crippen LogP contribution in [0.5, 0.6) is 5.75 Å². The Bertz CT molecular complexity index is 661. The Balaban J connectivity index is 2.24. The number of anilines is 1. The molecule has 0 bridgehead atoms. The zero-order chi connectivity index (χ0) is 14.7. The Morgan fingerprint density at radius 3 is 2.75 bits per heavy atom. The van der Waals surface area contributed by atoms with Crippen LogP contribution in [-0.2, 0) is 6.61 Å². The largest absolute Gasteiger partial charge is 0.488 e. The van der Waals surface area contributed by atoms with Crippen LogP contribution in [0, 0.1) is 5.82 Å². The molecule has 2 rings (SSSR count). The van der Waals surface area contributed by atoms with Crippen molar-refractivity contribution < 1.29 is 19.0 Å². The van der Waals surface area contributed by atoms with Crippen molar-refractivity contribution in [1.82, 2.24) is 0 Å². The van der Waals surface area contributed by atoms with E-state index in [1.807, 2.05) is 0 Å². The average molecular weight is 296 g/mol. The van der Waals surface area contributed by atoms with Gasteiger partial charge in [0.2, 0.25) is 0 Å². The van der Waals surface area contributed by atoms with Crippen LogP contribution >= 0.6 is 11.6 Å². The molecular weight excluding hydrogens is 285 g/mol. The summed E-state index contributed by atoms with van der Waals surface area (Å²) in [6.45, 7) is -0.0552. The molecule has 0 aromatic heterocycles. The quantitative estimate of drug-likeness (QED) is 0.849. The molecule has 4 nitrogen and oxygen atoms in total. The lowest BCUT2D eigenvalue weighted by molar-refractivity contribution is 0.0692. The second-order valence-corrected chi connectivity index (χ2v) is 4.49. The Kier molecular flexibility index (Phi) is 4.10. The van der Waals surface area contributed by atoms with Crippen LogP contribution in [-0.4, -0.2) is 11.1 Å². The number of rotatable bonds is 4. The fourth-order valence-corrected chi connectivity index (χ4v) is 1.82. The van der Waals surface area contributed by atoms with Crippen LogP contribution in [0.25, 0.3) is 0 Å². The summed E-state index contributed by atoms with van der Waals surface area (Å²) in [6.07, 6.45) is 0. The third-order valence-electron chi connectivity index (χ3n) is 2.63. The summed E-state index contributed by atoms with van der Waals surface area (Å²) in [5.41, 5.74) is 6.36. The van der Waals surface area contributed by atoms with Crippen LogP contribution in [0.2, 0.25) is 5.02 Å². The standard InChI is InChI=1S/C14H11ClFNO3/c15-12-4-1-9(16)5-8(12)7-20-13-6-10(17)2-3-11(13)14(18)19/h1-6H,7,17H2,(H,18,19). The summed E-state index contributed by atoms with van der Waals surface area (Å²) < 4.78 is 18.5. The summed E-state index contributed by atoms with van der Waals surface area (Å²) in [7, 11) is 0. The molecule has 0 unspecified atom stereocenters. The van der Waals surface area contributed by atoms with Gasteiger partial charge in [0.05, 0.1) is 0 Å². The van der Waals surface area contributed by atoms with E-state index in [2.05, 4.69) is 0 Å². The number of nitrogens with two attached hydrogens (primary N) is 1. The minimum Gasteiger partial charge on any atom is -0.488 e. The first-order chi connectivity index (χ1) is 9.47. The van der Waals surface area contributed by atoms with E-state index in [0.29, 0.717) is 16.3 Å². The highest BCUT2D eigenvalue weighted by molar-refractivity contribution is 6.31. The normalized spacial score (nSPS) is 10.3. The third-order valence-corrected chi connectivity index (χ3v) is 3.00. The molecule has 6 heteroatoms. The first kappa shape index (κ1) is 14.1. The van der Waals surface area contributed by atoms with Gasteiger partial charge in [-0.05, 0) is 30.3 Å². The van der Waals surface area contributed by atoms with E-state index in [1.165, 1.54) is 36.4 Å². The van der Waals surface area contributed by atoms with Crippen LogP contribution < -0.4 is 10.5 Å². The van der Waals surface area contributed by atoms with Gasteiger partial charge in [0.25, 0.3) is 0 Å². The fourth-order valence-electron chi connectivity index (χ4n) is 1.64. The molecular formula is C14H11ClFNO3. The van der Waals surface area contributed by atoms with Crippen molar-refractivity contribution in [3.05, 3.63) is 58.4 Å². The van der Waals surface area contributed by atoms with Gasteiger partial charge < -0.3 is 15.6 Å². The number of hydrogen-bond donors (Lipinski definition) is 2. The minimum absolute atomic E-state index is 0.0216. The highest BCUT2D eigenvalue weighted by Gasteiger charge is 2.12. The minimum atomic E-state index is -1.13. The second kappa shape index (κ2) is 5.79. The summed E-state index contributed by atoms with van der Waals surface area (Å²) in [5.74, 6) is -1.47. The van der Waals surface area contributed by atoms with Gasteiger partial charge in [0, 0.05) is 22.3 Å². The molecule has 0 saturated carbocycles. The molecule has 0 atom stereocenters. The number of ether oxygens (including phenoxy) is 1. The topological polar surface area (TPSA) is 72.6 Å². The van der Waals surface area contributed by atoms with E-state index in [0.717, 1.165) is 0 Å². The Morgan fingerprint density at radius 2 is 2.05 bits per heavy atom. The zero-order valence-electron chi connectivity index (χ0n) is 10.3. The molecule has 0 saturated heterocycles. The number of carboxylic acid groups (broad SMARTS) is 1. The molecule has 0 spiro atoms. The van der Waals surface area contributed by atoms with E-state index in [-0.39, 0.29) is 17.9 Å². The van der Waals surface area contributed by atoms with E-state index in [4.69, 9.17) is 27.2 Å². The molecule has 0 aliphatic heterocycles. The maximum absolute atomic E-state index is 13.1. The van der Waals surface area contributed by atoms with Gasteiger partial charge in [0.15, 0.2) is 0 Å². The lowest BCUT2D eigenvalue weighted by Crippen LogP contribution is -2.04. The number of carboxylic acids is 1. The molecule has 2 aromatic rings. The van der Waals surface area contributed by atoms with Crippen molar-refractivity contribution in [1.29, 1.82) is 0 Å². The van der Waals surface area contributed by atoms with Gasteiger partial charge in [-0.15, -0.1) is 0 Å². The van der Waals surface area contributed by atoms with E-state index >= 15 is 0 Å². The number of benzene rings is 2. The van der Waals surface area contributed by atoms with E-state index in [9.17, 15) is 9.18 Å². The van der Waals surface area contributed by atoms with Crippen LogP contribution in [0.3, 0.4) is 0 Å². The van der Waals surface area contributed by atoms with E-state index < -0.39 is 11.8 Å². The van der Waals surface area contributed by atoms with Gasteiger partial charge in [-0.3, -0.25) is 0 Å². The average Bonchev–Trinajstić information content (AvgIpc) is 2.39. The number of nitrogen functional groups attached to an aromatic ring is 1. The number of carbonyl (C=O) groups is 1. The smallest absolute Gasteiger partial charge is 0.339 e. The summed E-state index contributed by atoms with van der Waals surface area (Å²) in [5, 5.41) is 9.39. The van der Waals surface area contributed by atoms with Crippen LogP contribution in [0.1, 0.15) is 15.9 Å². The fraction of sp³-hybridized carbons (Fsp3) is 0.0714. The summed E-state index contributed by atoms with van der Waals surface area (Å²) >= 11 is 5.91. The molecule has 0 amide bonds. The van der Waals surface area contributed by atoms with Crippen molar-refractivity contribution in [2.45, 2.75) is 6.61 Å². The molecule has 0 radical (unpaired) electrons. The molecule has 0 aliphatic carbocycles. The van der Waals surface area contributed by atoms with Crippen molar-refractivity contribution in [3.63, 3.8) is 0 Å². The number of aromatic carboxylic acids is 1. The molecule has 0 heterocycles. The SMILES string of the molecule is Nc1ccc(C(=O)O)c(OCc2cc(F)ccc2Cl)c1. The third kappa shape index (κ3) is 3.19. The van der Waals surface area contributed by atoms with Crippen molar-refractivity contribution >= 4 is 23.3 Å². The van der Waals surface area contributed by atoms with Crippen molar-refractivity contribution in [2.75, 3.05) is 5.73 Å². The number of halogens is 2. The Labute approximate surface area is 119 Å². The van der Waals surface area contributed by atoms with Gasteiger partial charge in [-0.25, -0.2) is 9.18 Å². The van der Waals surface area contributed by atoms with E-state index in [1.54, 1.807) is 0 Å². The predicted molar refractivity (Wildman–Crippen MR) is 73.6 cm³/mol. The monoisotopic (exact) mass is 295 g/mol. The molecule has 104 valence electrons. The highest BCUT2D eigenvalue weighted by atomic mass is 35.5. The Morgan fingerprint density at radius 1 is 1.30 bits per heavy atom. The molecule has 20 heavy (non-hydrogen) atoms. The van der Waals surface area contributed by atoms with Crippen molar-refractivity contribution in [3.8, 4) is 5.75 Å². The summed E-state index contributed by atoms with van der Waals surface area (Å²) in [4.78, 5) is 11.1.